The molecule has 0 atom stereocenters. The molecule has 0 spiro atoms. The number of nitrogens with one attached hydrogen (secondary N) is 1. The smallest absolute Gasteiger partial charge is 0.234 e. The van der Waals surface area contributed by atoms with E-state index in [4.69, 9.17) is 9.47 Å². The predicted molar refractivity (Wildman–Crippen MR) is 111 cm³/mol. The van der Waals surface area contributed by atoms with E-state index in [2.05, 4.69) is 5.32 Å². The molecule has 3 aromatic carbocycles. The lowest BCUT2D eigenvalue weighted by Crippen LogP contribution is -2.15. The standard InChI is InChI=1S/C22H21NO3S/c24-22(17-27-16-15-25-18-9-3-1-4-10-18)23-20-13-7-8-14-21(20)26-19-11-5-2-6-12-19/h1-14H,15-17H2,(H,23,24). The van der Waals surface area contributed by atoms with Crippen LogP contribution in [-0.2, 0) is 4.79 Å². The molecule has 1 amide bonds. The van der Waals surface area contributed by atoms with Gasteiger partial charge >= 0.3 is 0 Å². The zero-order chi connectivity index (χ0) is 18.7. The highest BCUT2D eigenvalue weighted by molar-refractivity contribution is 7.99. The minimum absolute atomic E-state index is 0.0659. The first-order valence-corrected chi connectivity index (χ1v) is 9.84. The van der Waals surface area contributed by atoms with Crippen LogP contribution in [0.15, 0.2) is 84.9 Å². The molecule has 0 saturated heterocycles. The monoisotopic (exact) mass is 379 g/mol. The highest BCUT2D eigenvalue weighted by Crippen LogP contribution is 2.29. The molecule has 0 aliphatic heterocycles. The zero-order valence-electron chi connectivity index (χ0n) is 14.8. The molecular weight excluding hydrogens is 358 g/mol. The van der Waals surface area contributed by atoms with Crippen molar-refractivity contribution in [1.29, 1.82) is 0 Å². The van der Waals surface area contributed by atoms with Gasteiger partial charge < -0.3 is 14.8 Å². The second-order valence-corrected chi connectivity index (χ2v) is 6.78. The maximum Gasteiger partial charge on any atom is 0.234 e. The minimum atomic E-state index is -0.0659. The number of thioether (sulfide) groups is 1. The number of amides is 1. The van der Waals surface area contributed by atoms with Gasteiger partial charge in [-0.1, -0.05) is 48.5 Å². The second kappa shape index (κ2) is 10.3. The molecule has 0 bridgehead atoms. The number of ether oxygens (including phenoxy) is 2. The molecule has 3 rings (SSSR count). The number of hydrogen-bond donors (Lipinski definition) is 1. The zero-order valence-corrected chi connectivity index (χ0v) is 15.7. The van der Waals surface area contributed by atoms with Crippen molar-refractivity contribution < 1.29 is 14.3 Å². The van der Waals surface area contributed by atoms with Crippen LogP contribution in [0.3, 0.4) is 0 Å². The Morgan fingerprint density at radius 2 is 1.44 bits per heavy atom. The van der Waals surface area contributed by atoms with Crippen LogP contribution in [0, 0.1) is 0 Å². The molecule has 0 saturated carbocycles. The SMILES string of the molecule is O=C(CSCCOc1ccccc1)Nc1ccccc1Oc1ccccc1. The highest BCUT2D eigenvalue weighted by Gasteiger charge is 2.08. The van der Waals surface area contributed by atoms with E-state index in [1.807, 2.05) is 84.9 Å². The molecular formula is C22H21NO3S. The van der Waals surface area contributed by atoms with E-state index in [0.29, 0.717) is 23.8 Å². The Morgan fingerprint density at radius 1 is 0.815 bits per heavy atom. The lowest BCUT2D eigenvalue weighted by atomic mass is 10.3. The van der Waals surface area contributed by atoms with Crippen molar-refractivity contribution in [2.24, 2.45) is 0 Å². The van der Waals surface area contributed by atoms with Gasteiger partial charge in [0.25, 0.3) is 0 Å². The third-order valence-corrected chi connectivity index (χ3v) is 4.53. The summed E-state index contributed by atoms with van der Waals surface area (Å²) in [7, 11) is 0. The number of rotatable bonds is 9. The van der Waals surface area contributed by atoms with Crippen LogP contribution in [0.25, 0.3) is 0 Å². The van der Waals surface area contributed by atoms with E-state index in [-0.39, 0.29) is 5.91 Å². The Morgan fingerprint density at radius 3 is 2.19 bits per heavy atom. The Kier molecular flexibility index (Phi) is 7.18. The van der Waals surface area contributed by atoms with Crippen LogP contribution < -0.4 is 14.8 Å². The molecule has 138 valence electrons. The number of carbonyl (C=O) groups excluding carboxylic acids is 1. The van der Waals surface area contributed by atoms with Crippen molar-refractivity contribution in [1.82, 2.24) is 0 Å². The van der Waals surface area contributed by atoms with Gasteiger partial charge in [0.1, 0.15) is 11.5 Å². The van der Waals surface area contributed by atoms with Crippen molar-refractivity contribution in [3.63, 3.8) is 0 Å². The summed E-state index contributed by atoms with van der Waals surface area (Å²) in [6.45, 7) is 0.565. The van der Waals surface area contributed by atoms with Gasteiger partial charge in [-0.05, 0) is 36.4 Å². The number of para-hydroxylation sites is 4. The minimum Gasteiger partial charge on any atom is -0.493 e. The summed E-state index contributed by atoms with van der Waals surface area (Å²) < 4.78 is 11.5. The fourth-order valence-electron chi connectivity index (χ4n) is 2.36. The highest BCUT2D eigenvalue weighted by atomic mass is 32.2. The van der Waals surface area contributed by atoms with Gasteiger partial charge in [0.05, 0.1) is 18.0 Å². The van der Waals surface area contributed by atoms with Gasteiger partial charge in [-0.25, -0.2) is 0 Å². The normalized spacial score (nSPS) is 10.2. The first-order chi connectivity index (χ1) is 13.3. The molecule has 0 aliphatic carbocycles. The van der Waals surface area contributed by atoms with Crippen molar-refractivity contribution >= 4 is 23.4 Å². The average molecular weight is 379 g/mol. The summed E-state index contributed by atoms with van der Waals surface area (Å²) in [5.74, 6) is 3.22. The van der Waals surface area contributed by atoms with E-state index in [1.54, 1.807) is 0 Å². The fourth-order valence-corrected chi connectivity index (χ4v) is 2.96. The molecule has 0 heterocycles. The first-order valence-electron chi connectivity index (χ1n) is 8.68. The number of carbonyl (C=O) groups is 1. The Bertz CT molecular complexity index is 840. The Balaban J connectivity index is 1.44. The first kappa shape index (κ1) is 18.9. The molecule has 5 heteroatoms. The average Bonchev–Trinajstić information content (AvgIpc) is 2.71. The van der Waals surface area contributed by atoms with E-state index in [1.165, 1.54) is 11.8 Å². The van der Waals surface area contributed by atoms with Crippen LogP contribution in [0.4, 0.5) is 5.69 Å². The largest absolute Gasteiger partial charge is 0.493 e. The summed E-state index contributed by atoms with van der Waals surface area (Å²) in [6, 6.07) is 26.6. The van der Waals surface area contributed by atoms with Crippen molar-refractivity contribution in [2.75, 3.05) is 23.4 Å². The number of hydrogen-bond acceptors (Lipinski definition) is 4. The summed E-state index contributed by atoms with van der Waals surface area (Å²) >= 11 is 1.53. The molecule has 1 N–H and O–H groups in total. The predicted octanol–water partition coefficient (Wildman–Crippen LogP) is 5.23. The van der Waals surface area contributed by atoms with Gasteiger partial charge in [-0.3, -0.25) is 4.79 Å². The van der Waals surface area contributed by atoms with E-state index in [9.17, 15) is 4.79 Å². The molecule has 0 fully saturated rings. The van der Waals surface area contributed by atoms with Crippen molar-refractivity contribution in [3.8, 4) is 17.2 Å². The topological polar surface area (TPSA) is 47.6 Å². The molecule has 27 heavy (non-hydrogen) atoms. The Labute approximate surface area is 163 Å². The summed E-state index contributed by atoms with van der Waals surface area (Å²) in [4.78, 5) is 12.2. The van der Waals surface area contributed by atoms with Gasteiger partial charge in [-0.2, -0.15) is 0 Å². The van der Waals surface area contributed by atoms with Gasteiger partial charge in [0.2, 0.25) is 5.91 Å². The van der Waals surface area contributed by atoms with Crippen LogP contribution in [-0.4, -0.2) is 24.0 Å². The number of benzene rings is 3. The van der Waals surface area contributed by atoms with Crippen LogP contribution in [0.1, 0.15) is 0 Å². The van der Waals surface area contributed by atoms with Gasteiger partial charge in [0, 0.05) is 5.75 Å². The maximum absolute atomic E-state index is 12.2. The third-order valence-electron chi connectivity index (χ3n) is 3.60. The molecule has 0 unspecified atom stereocenters. The van der Waals surface area contributed by atoms with E-state index in [0.717, 1.165) is 17.3 Å². The van der Waals surface area contributed by atoms with Gasteiger partial charge in [-0.15, -0.1) is 11.8 Å². The maximum atomic E-state index is 12.2. The van der Waals surface area contributed by atoms with Crippen LogP contribution >= 0.6 is 11.8 Å². The third kappa shape index (κ3) is 6.38. The number of anilines is 1. The van der Waals surface area contributed by atoms with Crippen molar-refractivity contribution in [2.45, 2.75) is 0 Å². The lowest BCUT2D eigenvalue weighted by Gasteiger charge is -2.12. The quantitative estimate of drug-likeness (QED) is 0.517. The van der Waals surface area contributed by atoms with Crippen molar-refractivity contribution in [3.05, 3.63) is 84.9 Å². The molecule has 4 nitrogen and oxygen atoms in total. The molecule has 0 aromatic heterocycles. The Hall–Kier alpha value is -2.92. The lowest BCUT2D eigenvalue weighted by molar-refractivity contribution is -0.113. The second-order valence-electron chi connectivity index (χ2n) is 5.67. The summed E-state index contributed by atoms with van der Waals surface area (Å²) in [5.41, 5.74) is 0.660. The van der Waals surface area contributed by atoms with E-state index >= 15 is 0 Å². The summed E-state index contributed by atoms with van der Waals surface area (Å²) in [5, 5.41) is 2.91. The van der Waals surface area contributed by atoms with E-state index < -0.39 is 0 Å². The molecule has 0 aliphatic rings. The fraction of sp³-hybridized carbons (Fsp3) is 0.136. The molecule has 0 radical (unpaired) electrons. The van der Waals surface area contributed by atoms with Crippen LogP contribution in [0.2, 0.25) is 0 Å². The van der Waals surface area contributed by atoms with Gasteiger partial charge in [0.15, 0.2) is 5.75 Å². The molecule has 3 aromatic rings. The van der Waals surface area contributed by atoms with Crippen LogP contribution in [0.5, 0.6) is 17.2 Å². The summed E-state index contributed by atoms with van der Waals surface area (Å²) in [6.07, 6.45) is 0.